The molecule has 0 bridgehead atoms. The summed E-state index contributed by atoms with van der Waals surface area (Å²) in [7, 11) is 1.58. The van der Waals surface area contributed by atoms with E-state index in [0.29, 0.717) is 18.1 Å². The molecule has 2 rings (SSSR count). The van der Waals surface area contributed by atoms with Crippen LogP contribution in [-0.2, 0) is 11.3 Å². The number of rotatable bonds is 2. The first-order valence-corrected chi connectivity index (χ1v) is 4.28. The number of nitrogens with one attached hydrogen (secondary N) is 1. The Morgan fingerprint density at radius 2 is 2.36 bits per heavy atom. The fourth-order valence-corrected chi connectivity index (χ4v) is 1.37. The van der Waals surface area contributed by atoms with Crippen LogP contribution in [-0.4, -0.2) is 21.7 Å². The summed E-state index contributed by atoms with van der Waals surface area (Å²) >= 11 is 0. The third-order valence-electron chi connectivity index (χ3n) is 1.93. The molecule has 2 aromatic heterocycles. The second-order valence-corrected chi connectivity index (χ2v) is 3.17. The molecule has 0 aliphatic heterocycles. The number of nitrogens with zero attached hydrogens (tertiary/aromatic N) is 2. The van der Waals surface area contributed by atoms with Crippen LogP contribution in [0.15, 0.2) is 16.9 Å². The number of pyridine rings is 1. The second kappa shape index (κ2) is 3.26. The molecule has 0 fully saturated rings. The van der Waals surface area contributed by atoms with Gasteiger partial charge in [0.05, 0.1) is 0 Å². The maximum Gasteiger partial charge on any atom is 0.271 e. The largest absolute Gasteiger partial charge is 0.377 e. The fraction of sp³-hybridized carbons (Fsp3) is 0.333. The lowest BCUT2D eigenvalue weighted by atomic mass is 10.3. The van der Waals surface area contributed by atoms with Crippen LogP contribution < -0.4 is 5.56 Å². The molecule has 0 aliphatic carbocycles. The maximum atomic E-state index is 11.5. The van der Waals surface area contributed by atoms with Crippen LogP contribution in [0, 0.1) is 6.92 Å². The van der Waals surface area contributed by atoms with Crippen molar-refractivity contribution >= 4 is 5.65 Å². The molecule has 2 aromatic rings. The van der Waals surface area contributed by atoms with Crippen molar-refractivity contribution in [2.24, 2.45) is 0 Å². The average Bonchev–Trinajstić information content (AvgIpc) is 2.48. The van der Waals surface area contributed by atoms with Gasteiger partial charge in [0.2, 0.25) is 0 Å². The van der Waals surface area contributed by atoms with E-state index >= 15 is 0 Å². The molecular formula is C9H11N3O2. The number of fused-ring (bicyclic) bond motifs is 1. The Kier molecular flexibility index (Phi) is 2.09. The Morgan fingerprint density at radius 3 is 3.07 bits per heavy atom. The van der Waals surface area contributed by atoms with Crippen LogP contribution in [0.5, 0.6) is 0 Å². The van der Waals surface area contributed by atoms with Gasteiger partial charge in [0.1, 0.15) is 12.4 Å². The monoisotopic (exact) mass is 193 g/mol. The summed E-state index contributed by atoms with van der Waals surface area (Å²) in [5, 5.41) is 2.86. The van der Waals surface area contributed by atoms with Crippen LogP contribution in [0.3, 0.4) is 0 Å². The summed E-state index contributed by atoms with van der Waals surface area (Å²) in [6, 6.07) is 3.40. The molecule has 5 nitrogen and oxygen atoms in total. The first kappa shape index (κ1) is 8.96. The molecule has 74 valence electrons. The molecule has 2 heterocycles. The summed E-state index contributed by atoms with van der Waals surface area (Å²) in [6.07, 6.45) is 0. The van der Waals surface area contributed by atoms with E-state index in [1.807, 2.05) is 13.0 Å². The molecule has 0 unspecified atom stereocenters. The van der Waals surface area contributed by atoms with Gasteiger partial charge in [-0.1, -0.05) is 0 Å². The highest BCUT2D eigenvalue weighted by molar-refractivity contribution is 5.39. The number of H-pyrrole nitrogens is 1. The number of aryl methyl sites for hydroxylation is 1. The number of aromatic nitrogens is 3. The van der Waals surface area contributed by atoms with Crippen LogP contribution in [0.2, 0.25) is 0 Å². The molecule has 14 heavy (non-hydrogen) atoms. The van der Waals surface area contributed by atoms with Crippen molar-refractivity contribution in [1.82, 2.24) is 14.6 Å². The minimum absolute atomic E-state index is 0.102. The number of ether oxygens (including phenoxy) is 1. The lowest BCUT2D eigenvalue weighted by molar-refractivity contribution is 0.178. The zero-order chi connectivity index (χ0) is 10.1. The predicted molar refractivity (Wildman–Crippen MR) is 51.3 cm³/mol. The van der Waals surface area contributed by atoms with E-state index in [1.165, 1.54) is 4.52 Å². The fourth-order valence-electron chi connectivity index (χ4n) is 1.37. The van der Waals surface area contributed by atoms with E-state index in [1.54, 1.807) is 13.2 Å². The van der Waals surface area contributed by atoms with Crippen LogP contribution in [0.25, 0.3) is 5.65 Å². The van der Waals surface area contributed by atoms with Crippen molar-refractivity contribution in [2.45, 2.75) is 13.5 Å². The highest BCUT2D eigenvalue weighted by Gasteiger charge is 2.03. The molecule has 0 radical (unpaired) electrons. The van der Waals surface area contributed by atoms with Gasteiger partial charge in [-0.05, 0) is 18.6 Å². The van der Waals surface area contributed by atoms with Gasteiger partial charge in [0.25, 0.3) is 5.56 Å². The first-order chi connectivity index (χ1) is 6.70. The smallest absolute Gasteiger partial charge is 0.271 e. The lowest BCUT2D eigenvalue weighted by Gasteiger charge is -1.91. The molecule has 1 N–H and O–H groups in total. The van der Waals surface area contributed by atoms with Gasteiger partial charge in [-0.3, -0.25) is 9.89 Å². The number of hydrogen-bond donors (Lipinski definition) is 1. The summed E-state index contributed by atoms with van der Waals surface area (Å²) < 4.78 is 6.32. The van der Waals surface area contributed by atoms with Gasteiger partial charge in [0, 0.05) is 13.2 Å². The third kappa shape index (κ3) is 1.42. The summed E-state index contributed by atoms with van der Waals surface area (Å²) in [5.74, 6) is 0.648. The van der Waals surface area contributed by atoms with E-state index in [-0.39, 0.29) is 5.56 Å². The lowest BCUT2D eigenvalue weighted by Crippen LogP contribution is -2.12. The molecule has 0 saturated heterocycles. The Hall–Kier alpha value is -1.62. The molecule has 0 aliphatic rings. The minimum Gasteiger partial charge on any atom is -0.377 e. The molecule has 5 heteroatoms. The minimum atomic E-state index is -0.102. The Bertz CT molecular complexity index is 512. The number of hydrogen-bond acceptors (Lipinski definition) is 3. The Balaban J connectivity index is 2.65. The highest BCUT2D eigenvalue weighted by atomic mass is 16.5. The van der Waals surface area contributed by atoms with Gasteiger partial charge in [-0.25, -0.2) is 9.50 Å². The van der Waals surface area contributed by atoms with Gasteiger partial charge in [0.15, 0.2) is 5.65 Å². The highest BCUT2D eigenvalue weighted by Crippen LogP contribution is 2.01. The zero-order valence-electron chi connectivity index (χ0n) is 8.07. The molecule has 0 aromatic carbocycles. The Morgan fingerprint density at radius 1 is 1.57 bits per heavy atom. The second-order valence-electron chi connectivity index (χ2n) is 3.17. The normalized spacial score (nSPS) is 11.0. The molecule has 0 amide bonds. The third-order valence-corrected chi connectivity index (χ3v) is 1.93. The van der Waals surface area contributed by atoms with E-state index in [0.717, 1.165) is 5.56 Å². The van der Waals surface area contributed by atoms with Crippen molar-refractivity contribution in [3.63, 3.8) is 0 Å². The van der Waals surface area contributed by atoms with Gasteiger partial charge in [-0.2, -0.15) is 0 Å². The maximum absolute atomic E-state index is 11.5. The Labute approximate surface area is 80.3 Å². The molecular weight excluding hydrogens is 182 g/mol. The van der Waals surface area contributed by atoms with E-state index in [9.17, 15) is 4.79 Å². The van der Waals surface area contributed by atoms with Crippen molar-refractivity contribution < 1.29 is 4.74 Å². The van der Waals surface area contributed by atoms with Crippen molar-refractivity contribution in [3.8, 4) is 0 Å². The summed E-state index contributed by atoms with van der Waals surface area (Å²) in [5.41, 5.74) is 1.43. The van der Waals surface area contributed by atoms with Crippen molar-refractivity contribution in [1.29, 1.82) is 0 Å². The van der Waals surface area contributed by atoms with Crippen molar-refractivity contribution in [3.05, 3.63) is 33.9 Å². The zero-order valence-corrected chi connectivity index (χ0v) is 8.07. The van der Waals surface area contributed by atoms with Crippen LogP contribution >= 0.6 is 0 Å². The quantitative estimate of drug-likeness (QED) is 0.754. The van der Waals surface area contributed by atoms with Crippen LogP contribution in [0.4, 0.5) is 0 Å². The molecule has 0 atom stereocenters. The average molecular weight is 193 g/mol. The van der Waals surface area contributed by atoms with Crippen molar-refractivity contribution in [2.75, 3.05) is 7.11 Å². The standard InChI is InChI=1S/C9H11N3O2/c1-6-3-8-10-7(5-14-2)11-12(8)9(13)4-6/h3-4H,5H2,1-2H3,(H,10,11). The van der Waals surface area contributed by atoms with E-state index < -0.39 is 0 Å². The number of methoxy groups -OCH3 is 1. The van der Waals surface area contributed by atoms with Gasteiger partial charge < -0.3 is 4.74 Å². The number of aromatic amines is 1. The molecule has 0 spiro atoms. The first-order valence-electron chi connectivity index (χ1n) is 4.28. The van der Waals surface area contributed by atoms with Crippen LogP contribution in [0.1, 0.15) is 11.4 Å². The van der Waals surface area contributed by atoms with Gasteiger partial charge in [-0.15, -0.1) is 0 Å². The van der Waals surface area contributed by atoms with E-state index in [4.69, 9.17) is 4.74 Å². The summed E-state index contributed by atoms with van der Waals surface area (Å²) in [4.78, 5) is 15.7. The SMILES string of the molecule is COCc1nc2cc(C)cc(=O)n2[nH]1. The predicted octanol–water partition coefficient (Wildman–Crippen LogP) is 0.477. The summed E-state index contributed by atoms with van der Waals surface area (Å²) in [6.45, 7) is 2.24. The molecule has 0 saturated carbocycles. The van der Waals surface area contributed by atoms with Gasteiger partial charge >= 0.3 is 0 Å². The topological polar surface area (TPSA) is 59.4 Å². The van der Waals surface area contributed by atoms with E-state index in [2.05, 4.69) is 10.1 Å².